The Bertz CT molecular complexity index is 198. The van der Waals surface area contributed by atoms with Crippen LogP contribution in [-0.4, -0.2) is 17.3 Å². The molecular weight excluding hydrogens is 332 g/mol. The molecule has 0 unspecified atom stereocenters. The third-order valence-electron chi connectivity index (χ3n) is 1.59. The molecule has 0 radical (unpaired) electrons. The predicted molar refractivity (Wildman–Crippen MR) is 57.7 cm³/mol. The summed E-state index contributed by atoms with van der Waals surface area (Å²) in [6, 6.07) is 0. The fourth-order valence-electron chi connectivity index (χ4n) is 0.743. The van der Waals surface area contributed by atoms with Gasteiger partial charge in [-0.05, 0) is 0 Å². The fraction of sp³-hybridized carbons (Fsp3) is 1.00. The summed E-state index contributed by atoms with van der Waals surface area (Å²) in [6.07, 6.45) is 0. The minimum Gasteiger partial charge on any atom is -0.108 e. The highest BCUT2D eigenvalue weighted by Gasteiger charge is 2.93. The second-order valence-electron chi connectivity index (χ2n) is 2.31. The van der Waals surface area contributed by atoms with E-state index in [2.05, 4.69) is 0 Å². The van der Waals surface area contributed by atoms with Crippen molar-refractivity contribution in [1.29, 1.82) is 0 Å². The summed E-state index contributed by atoms with van der Waals surface area (Å²) >= 11 is 44.8. The van der Waals surface area contributed by atoms with Gasteiger partial charge in [-0.1, -0.05) is 81.2 Å². The van der Waals surface area contributed by atoms with Gasteiger partial charge < -0.3 is 0 Å². The van der Waals surface area contributed by atoms with Crippen LogP contribution in [0.4, 0.5) is 0 Å². The molecular formula is C4Cl8. The van der Waals surface area contributed by atoms with Crippen LogP contribution < -0.4 is 0 Å². The van der Waals surface area contributed by atoms with Crippen molar-refractivity contribution < 1.29 is 0 Å². The van der Waals surface area contributed by atoms with Gasteiger partial charge in [-0.25, -0.2) is 0 Å². The molecule has 1 aliphatic rings. The predicted octanol–water partition coefficient (Wildman–Crippen LogP) is 4.70. The van der Waals surface area contributed by atoms with Crippen LogP contribution in [0.25, 0.3) is 0 Å². The van der Waals surface area contributed by atoms with E-state index in [1.807, 2.05) is 0 Å². The Morgan fingerprint density at radius 3 is 0.917 bits per heavy atom. The summed E-state index contributed by atoms with van der Waals surface area (Å²) < 4.78 is -5.27. The van der Waals surface area contributed by atoms with Gasteiger partial charge in [0.1, 0.15) is 0 Å². The van der Waals surface area contributed by atoms with Crippen LogP contribution in [-0.2, 0) is 0 Å². The first kappa shape index (κ1) is 12.4. The Balaban J connectivity index is 3.09. The molecule has 12 heavy (non-hydrogen) atoms. The number of hydrogen-bond donors (Lipinski definition) is 0. The smallest absolute Gasteiger partial charge is 0.108 e. The second kappa shape index (κ2) is 2.92. The lowest BCUT2D eigenvalue weighted by Gasteiger charge is -2.18. The molecule has 0 aromatic rings. The molecule has 0 nitrogen and oxygen atoms in total. The zero-order chi connectivity index (χ0) is 10.0. The van der Waals surface area contributed by atoms with E-state index in [0.717, 1.165) is 0 Å². The molecule has 0 saturated heterocycles. The highest BCUT2D eigenvalue weighted by Crippen LogP contribution is 2.80. The number of alkyl halides is 8. The van der Waals surface area contributed by atoms with Crippen LogP contribution in [0.3, 0.4) is 0 Å². The molecule has 1 saturated carbocycles. The van der Waals surface area contributed by atoms with Crippen LogP contribution in [0.2, 0.25) is 0 Å². The molecule has 8 heteroatoms. The summed E-state index contributed by atoms with van der Waals surface area (Å²) in [5, 5.41) is 0. The third kappa shape index (κ3) is 1.20. The van der Waals surface area contributed by atoms with Crippen molar-refractivity contribution in [2.45, 2.75) is 17.3 Å². The molecule has 0 aromatic heterocycles. The van der Waals surface area contributed by atoms with Crippen molar-refractivity contribution in [3.05, 3.63) is 0 Å². The van der Waals surface area contributed by atoms with Gasteiger partial charge in [-0.2, -0.15) is 0 Å². The first-order chi connectivity index (χ1) is 5.00. The van der Waals surface area contributed by atoms with Crippen LogP contribution in [0, 0.1) is 0 Å². The van der Waals surface area contributed by atoms with Gasteiger partial charge in [0.05, 0.1) is 0 Å². The molecule has 0 spiro atoms. The highest BCUT2D eigenvalue weighted by molar-refractivity contribution is 6.82. The van der Waals surface area contributed by atoms with Crippen LogP contribution >= 0.6 is 92.8 Å². The lowest BCUT2D eigenvalue weighted by Crippen LogP contribution is -2.29. The van der Waals surface area contributed by atoms with Crippen LogP contribution in [0.15, 0.2) is 0 Å². The minimum atomic E-state index is -1.93. The highest BCUT2D eigenvalue weighted by atomic mass is 35.6. The average Bonchev–Trinajstić information content (AvgIpc) is 2.09. The van der Waals surface area contributed by atoms with Gasteiger partial charge in [0.25, 0.3) is 0 Å². The third-order valence-corrected chi connectivity index (χ3v) is 6.62. The maximum absolute atomic E-state index is 5.78. The van der Waals surface area contributed by atoms with E-state index in [4.69, 9.17) is 92.8 Å². The lowest BCUT2D eigenvalue weighted by atomic mass is 10.5. The fourth-order valence-corrected chi connectivity index (χ4v) is 4.31. The molecule has 72 valence electrons. The number of rotatable bonds is 0. The molecule has 0 aliphatic heterocycles. The molecule has 0 aromatic carbocycles. The summed E-state index contributed by atoms with van der Waals surface area (Å²) in [4.78, 5) is -1.69. The Morgan fingerprint density at radius 1 is 0.667 bits per heavy atom. The monoisotopic (exact) mass is 328 g/mol. The standard InChI is InChI=1S/C4Cl8/c5-1(4(10,11)12)2(6,7)3(1,8)9. The summed E-state index contributed by atoms with van der Waals surface area (Å²) in [7, 11) is 0. The summed E-state index contributed by atoms with van der Waals surface area (Å²) in [5.74, 6) is 0. The van der Waals surface area contributed by atoms with Gasteiger partial charge in [0.15, 0.2) is 13.5 Å². The number of hydrogen-bond acceptors (Lipinski definition) is 0. The minimum absolute atomic E-state index is 1.67. The topological polar surface area (TPSA) is 0 Å². The van der Waals surface area contributed by atoms with E-state index in [1.165, 1.54) is 0 Å². The maximum atomic E-state index is 5.78. The van der Waals surface area contributed by atoms with E-state index in [9.17, 15) is 0 Å². The SMILES string of the molecule is ClC(Cl)(Cl)C1(Cl)C(Cl)(Cl)C1(Cl)Cl. The van der Waals surface area contributed by atoms with Crippen molar-refractivity contribution >= 4 is 92.8 Å². The molecule has 1 aliphatic carbocycles. The average molecular weight is 332 g/mol. The molecule has 0 heterocycles. The normalized spacial score (nSPS) is 30.0. The maximum Gasteiger partial charge on any atom is 0.215 e. The van der Waals surface area contributed by atoms with Crippen molar-refractivity contribution in [3.63, 3.8) is 0 Å². The molecule has 0 N–H and O–H groups in total. The Labute approximate surface area is 109 Å². The summed E-state index contributed by atoms with van der Waals surface area (Å²) in [6.45, 7) is 0. The van der Waals surface area contributed by atoms with Gasteiger partial charge in [0, 0.05) is 0 Å². The lowest BCUT2D eigenvalue weighted by molar-refractivity contribution is 0.896. The Hall–Kier alpha value is 2.32. The van der Waals surface area contributed by atoms with Gasteiger partial charge in [-0.15, -0.1) is 11.6 Å². The first-order valence-electron chi connectivity index (χ1n) is 2.51. The molecule has 0 bridgehead atoms. The second-order valence-corrected chi connectivity index (χ2v) is 7.81. The van der Waals surface area contributed by atoms with Gasteiger partial charge in [0.2, 0.25) is 3.79 Å². The first-order valence-corrected chi connectivity index (χ1v) is 5.54. The zero-order valence-corrected chi connectivity index (χ0v) is 11.1. The van der Waals surface area contributed by atoms with Crippen LogP contribution in [0.1, 0.15) is 0 Å². The molecule has 1 fully saturated rings. The van der Waals surface area contributed by atoms with E-state index < -0.39 is 17.3 Å². The van der Waals surface area contributed by atoms with Crippen LogP contribution in [0.5, 0.6) is 0 Å². The number of halogens is 8. The Morgan fingerprint density at radius 2 is 0.917 bits per heavy atom. The van der Waals surface area contributed by atoms with Crippen molar-refractivity contribution in [3.8, 4) is 0 Å². The van der Waals surface area contributed by atoms with E-state index in [-0.39, 0.29) is 0 Å². The molecule has 1 rings (SSSR count). The van der Waals surface area contributed by atoms with Gasteiger partial charge >= 0.3 is 0 Å². The van der Waals surface area contributed by atoms with Crippen molar-refractivity contribution in [2.75, 3.05) is 0 Å². The zero-order valence-electron chi connectivity index (χ0n) is 5.02. The van der Waals surface area contributed by atoms with E-state index in [0.29, 0.717) is 0 Å². The molecule has 0 amide bonds. The summed E-state index contributed by atoms with van der Waals surface area (Å²) in [5.41, 5.74) is 0. The Kier molecular flexibility index (Phi) is 3.01. The van der Waals surface area contributed by atoms with Crippen molar-refractivity contribution in [2.24, 2.45) is 0 Å². The quantitative estimate of drug-likeness (QED) is 0.565. The van der Waals surface area contributed by atoms with E-state index in [1.54, 1.807) is 0 Å². The van der Waals surface area contributed by atoms with Gasteiger partial charge in [-0.3, -0.25) is 0 Å². The largest absolute Gasteiger partial charge is 0.215 e. The van der Waals surface area contributed by atoms with Crippen molar-refractivity contribution in [1.82, 2.24) is 0 Å². The molecule has 0 atom stereocenters. The van der Waals surface area contributed by atoms with E-state index >= 15 is 0 Å².